The van der Waals surface area contributed by atoms with Crippen molar-refractivity contribution in [3.05, 3.63) is 77.2 Å². The van der Waals surface area contributed by atoms with Crippen LogP contribution in [0.2, 0.25) is 5.02 Å². The van der Waals surface area contributed by atoms with Gasteiger partial charge in [-0.3, -0.25) is 9.59 Å². The van der Waals surface area contributed by atoms with Gasteiger partial charge >= 0.3 is 6.18 Å². The van der Waals surface area contributed by atoms with E-state index >= 15 is 0 Å². The van der Waals surface area contributed by atoms with E-state index in [1.54, 1.807) is 29.2 Å². The number of fused-ring (bicyclic) bond motifs is 2. The van der Waals surface area contributed by atoms with Crippen molar-refractivity contribution < 1.29 is 22.8 Å². The standard InChI is InChI=1S/C21H17ClN8O.C2HF3O/c1-12(26-21(31)17-19(23)27-29-9-5-8-24-20(17)29)14-10-15(22)16-11-25-28-30(16)18(14)13-6-3-2-4-7-13;3-2(4,5)1-6/h2-12H,1H3,(H2,23,27)(H,26,31);1H. The molecule has 0 bridgehead atoms. The molecule has 14 heteroatoms. The molecule has 0 spiro atoms. The second-order valence-electron chi connectivity index (χ2n) is 7.70. The molecule has 0 saturated heterocycles. The number of rotatable bonds is 4. The Balaban J connectivity index is 0.000000480. The maximum atomic E-state index is 13.1. The number of pyridine rings is 1. The van der Waals surface area contributed by atoms with Crippen LogP contribution in [0.4, 0.5) is 19.0 Å². The van der Waals surface area contributed by atoms with Crippen molar-refractivity contribution in [1.82, 2.24) is 34.7 Å². The number of nitrogens with zero attached hydrogens (tertiary/aromatic N) is 6. The number of aldehydes is 1. The van der Waals surface area contributed by atoms with Crippen LogP contribution in [-0.4, -0.2) is 47.8 Å². The van der Waals surface area contributed by atoms with Gasteiger partial charge in [0, 0.05) is 23.5 Å². The topological polar surface area (TPSA) is 133 Å². The van der Waals surface area contributed by atoms with Crippen molar-refractivity contribution in [2.24, 2.45) is 0 Å². The van der Waals surface area contributed by atoms with E-state index in [0.29, 0.717) is 16.2 Å². The molecule has 1 atom stereocenters. The van der Waals surface area contributed by atoms with Gasteiger partial charge in [0.2, 0.25) is 6.29 Å². The number of hydrogen-bond acceptors (Lipinski definition) is 7. The van der Waals surface area contributed by atoms with Crippen molar-refractivity contribution >= 4 is 40.8 Å². The zero-order valence-electron chi connectivity index (χ0n) is 19.0. The molecule has 0 aliphatic carbocycles. The van der Waals surface area contributed by atoms with E-state index < -0.39 is 18.5 Å². The van der Waals surface area contributed by atoms with E-state index in [4.69, 9.17) is 22.1 Å². The Morgan fingerprint density at radius 1 is 1.22 bits per heavy atom. The molecule has 0 aliphatic rings. The first-order valence-corrected chi connectivity index (χ1v) is 11.0. The smallest absolute Gasteiger partial charge is 0.381 e. The highest BCUT2D eigenvalue weighted by Gasteiger charge is 2.25. The molecule has 4 heterocycles. The van der Waals surface area contributed by atoms with Gasteiger partial charge in [-0.15, -0.1) is 10.2 Å². The second kappa shape index (κ2) is 10.2. The summed E-state index contributed by atoms with van der Waals surface area (Å²) in [7, 11) is 0. The number of aromatic nitrogens is 6. The van der Waals surface area contributed by atoms with E-state index in [1.807, 2.05) is 43.3 Å². The highest BCUT2D eigenvalue weighted by Crippen LogP contribution is 2.33. The van der Waals surface area contributed by atoms with Gasteiger partial charge in [0.25, 0.3) is 5.91 Å². The van der Waals surface area contributed by atoms with Gasteiger partial charge < -0.3 is 11.1 Å². The van der Waals surface area contributed by atoms with E-state index in [9.17, 15) is 18.0 Å². The minimum Gasteiger partial charge on any atom is -0.381 e. The van der Waals surface area contributed by atoms with Gasteiger partial charge in [-0.2, -0.15) is 13.2 Å². The highest BCUT2D eigenvalue weighted by molar-refractivity contribution is 6.34. The molecule has 10 nitrogen and oxygen atoms in total. The third-order valence-corrected chi connectivity index (χ3v) is 5.51. The van der Waals surface area contributed by atoms with Crippen molar-refractivity contribution in [1.29, 1.82) is 0 Å². The van der Waals surface area contributed by atoms with Gasteiger partial charge in [0.1, 0.15) is 11.1 Å². The largest absolute Gasteiger partial charge is 0.446 e. The summed E-state index contributed by atoms with van der Waals surface area (Å²) >= 11 is 6.49. The number of nitrogens with two attached hydrogens (primary N) is 1. The number of halogens is 4. The minimum atomic E-state index is -4.64. The number of nitrogens with one attached hydrogen (secondary N) is 1. The first kappa shape index (κ1) is 25.6. The van der Waals surface area contributed by atoms with Gasteiger partial charge in [-0.1, -0.05) is 47.1 Å². The first-order valence-electron chi connectivity index (χ1n) is 10.6. The monoisotopic (exact) mass is 530 g/mol. The third kappa shape index (κ3) is 5.35. The number of amides is 1. The number of alkyl halides is 3. The lowest BCUT2D eigenvalue weighted by Gasteiger charge is -2.19. The SMILES string of the molecule is CC(NC(=O)c1c(N)nn2cccnc12)c1cc(Cl)c2cnnn2c1-c1ccccc1.O=CC(F)(F)F. The maximum Gasteiger partial charge on any atom is 0.446 e. The Hall–Kier alpha value is -4.52. The fourth-order valence-corrected chi connectivity index (χ4v) is 3.89. The molecule has 37 heavy (non-hydrogen) atoms. The Kier molecular flexibility index (Phi) is 7.07. The highest BCUT2D eigenvalue weighted by atomic mass is 35.5. The van der Waals surface area contributed by atoms with Crippen LogP contribution in [0.3, 0.4) is 0 Å². The zero-order chi connectivity index (χ0) is 26.7. The van der Waals surface area contributed by atoms with Crippen LogP contribution in [0.15, 0.2) is 61.1 Å². The summed E-state index contributed by atoms with van der Waals surface area (Å²) in [5.74, 6) is -0.274. The lowest BCUT2D eigenvalue weighted by Crippen LogP contribution is -2.28. The van der Waals surface area contributed by atoms with Crippen molar-refractivity contribution in [2.45, 2.75) is 19.1 Å². The fraction of sp³-hybridized carbons (Fsp3) is 0.130. The number of hydrogen-bond donors (Lipinski definition) is 2. The fourth-order valence-electron chi connectivity index (χ4n) is 3.65. The number of carbonyl (C=O) groups is 2. The molecule has 4 aromatic heterocycles. The predicted octanol–water partition coefficient (Wildman–Crippen LogP) is 3.91. The predicted molar refractivity (Wildman–Crippen MR) is 129 cm³/mol. The van der Waals surface area contributed by atoms with Crippen molar-refractivity contribution in [3.63, 3.8) is 0 Å². The van der Waals surface area contributed by atoms with Crippen molar-refractivity contribution in [3.8, 4) is 11.3 Å². The molecule has 0 aliphatic heterocycles. The Morgan fingerprint density at radius 2 is 1.92 bits per heavy atom. The average molecular weight is 531 g/mol. The van der Waals surface area contributed by atoms with Gasteiger partial charge in [0.05, 0.1) is 23.0 Å². The lowest BCUT2D eigenvalue weighted by atomic mass is 10.00. The summed E-state index contributed by atoms with van der Waals surface area (Å²) < 4.78 is 34.4. The summed E-state index contributed by atoms with van der Waals surface area (Å²) in [6.45, 7) is 1.87. The van der Waals surface area contributed by atoms with E-state index in [-0.39, 0.29) is 17.3 Å². The molecule has 0 saturated carbocycles. The molecule has 1 amide bonds. The van der Waals surface area contributed by atoms with Crippen LogP contribution < -0.4 is 11.1 Å². The van der Waals surface area contributed by atoms with Gasteiger partial charge in [-0.05, 0) is 19.1 Å². The molecular formula is C23H18ClF3N8O2. The summed E-state index contributed by atoms with van der Waals surface area (Å²) in [4.78, 5) is 26.1. The van der Waals surface area contributed by atoms with Gasteiger partial charge in [0.15, 0.2) is 11.5 Å². The first-order chi connectivity index (χ1) is 17.6. The van der Waals surface area contributed by atoms with Crippen LogP contribution >= 0.6 is 11.6 Å². The molecule has 1 aromatic carbocycles. The molecule has 5 aromatic rings. The number of carbonyl (C=O) groups excluding carboxylic acids is 2. The summed E-state index contributed by atoms with van der Waals surface area (Å²) in [5.41, 5.74) is 9.78. The molecule has 3 N–H and O–H groups in total. The van der Waals surface area contributed by atoms with E-state index in [1.165, 1.54) is 4.52 Å². The van der Waals surface area contributed by atoms with Crippen LogP contribution in [0, 0.1) is 0 Å². The number of anilines is 1. The number of benzene rings is 1. The molecule has 190 valence electrons. The normalized spacial score (nSPS) is 12.1. The van der Waals surface area contributed by atoms with Crippen LogP contribution in [0.25, 0.3) is 22.4 Å². The molecule has 1 unspecified atom stereocenters. The molecule has 0 radical (unpaired) electrons. The molecular weight excluding hydrogens is 513 g/mol. The van der Waals surface area contributed by atoms with Crippen LogP contribution in [0.5, 0.6) is 0 Å². The molecule has 0 fully saturated rings. The summed E-state index contributed by atoms with van der Waals surface area (Å²) in [6.07, 6.45) is -0.826. The van der Waals surface area contributed by atoms with E-state index in [0.717, 1.165) is 16.8 Å². The minimum absolute atomic E-state index is 0.108. The van der Waals surface area contributed by atoms with E-state index in [2.05, 4.69) is 25.7 Å². The summed E-state index contributed by atoms with van der Waals surface area (Å²) in [5, 5.41) is 15.8. The summed E-state index contributed by atoms with van der Waals surface area (Å²) in [6, 6.07) is 12.9. The van der Waals surface area contributed by atoms with Crippen LogP contribution in [-0.2, 0) is 4.79 Å². The Labute approximate surface area is 211 Å². The Morgan fingerprint density at radius 3 is 2.59 bits per heavy atom. The third-order valence-electron chi connectivity index (χ3n) is 5.21. The number of nitrogen functional groups attached to an aromatic ring is 1. The molecule has 5 rings (SSSR count). The van der Waals surface area contributed by atoms with Crippen LogP contribution in [0.1, 0.15) is 28.9 Å². The quantitative estimate of drug-likeness (QED) is 0.337. The zero-order valence-corrected chi connectivity index (χ0v) is 19.8. The average Bonchev–Trinajstić information content (AvgIpc) is 3.49. The van der Waals surface area contributed by atoms with Gasteiger partial charge in [-0.25, -0.2) is 14.0 Å². The maximum absolute atomic E-state index is 13.1. The lowest BCUT2D eigenvalue weighted by molar-refractivity contribution is -0.156. The van der Waals surface area contributed by atoms with Crippen molar-refractivity contribution in [2.75, 3.05) is 5.73 Å². The second-order valence-corrected chi connectivity index (χ2v) is 8.10. The Bertz CT molecular complexity index is 1580.